The second kappa shape index (κ2) is 4.72. The number of ether oxygens (including phenoxy) is 1. The zero-order valence-corrected chi connectivity index (χ0v) is 11.5. The number of hydrogen-bond donors (Lipinski definition) is 2. The van der Waals surface area contributed by atoms with E-state index in [0.717, 1.165) is 17.4 Å². The molecule has 0 unspecified atom stereocenters. The van der Waals surface area contributed by atoms with Crippen LogP contribution < -0.4 is 10.1 Å². The van der Waals surface area contributed by atoms with Crippen LogP contribution in [0.15, 0.2) is 12.3 Å². The maximum absolute atomic E-state index is 5.39. The van der Waals surface area contributed by atoms with E-state index in [1.165, 1.54) is 22.3 Å². The Labute approximate surface area is 107 Å². The number of nitrogens with zero attached hydrogens (tertiary/aromatic N) is 1. The minimum Gasteiger partial charge on any atom is -0.496 e. The van der Waals surface area contributed by atoms with E-state index in [2.05, 4.69) is 42.1 Å². The van der Waals surface area contributed by atoms with Crippen LogP contribution in [0, 0.1) is 20.8 Å². The second-order valence-corrected chi connectivity index (χ2v) is 4.42. The summed E-state index contributed by atoms with van der Waals surface area (Å²) >= 11 is 0. The highest BCUT2D eigenvalue weighted by Crippen LogP contribution is 2.33. The Morgan fingerprint density at radius 2 is 1.94 bits per heavy atom. The quantitative estimate of drug-likeness (QED) is 0.873. The molecule has 0 amide bonds. The summed E-state index contributed by atoms with van der Waals surface area (Å²) in [5.41, 5.74) is 5.79. The predicted octanol–water partition coefficient (Wildman–Crippen LogP) is 3.05. The van der Waals surface area contributed by atoms with Crippen molar-refractivity contribution in [3.8, 4) is 17.0 Å². The minimum absolute atomic E-state index is 0.775. The summed E-state index contributed by atoms with van der Waals surface area (Å²) in [5, 5.41) is 3.00. The lowest BCUT2D eigenvalue weighted by Crippen LogP contribution is -1.97. The highest BCUT2D eigenvalue weighted by molar-refractivity contribution is 5.71. The SMILES string of the molecule is CNc1ncc(-c2c(C)cc(OC)c(C)c2C)[nH]1. The van der Waals surface area contributed by atoms with E-state index in [1.807, 2.05) is 13.2 Å². The van der Waals surface area contributed by atoms with Gasteiger partial charge in [0.05, 0.1) is 19.0 Å². The first kappa shape index (κ1) is 12.5. The normalized spacial score (nSPS) is 10.5. The van der Waals surface area contributed by atoms with Gasteiger partial charge in [-0.05, 0) is 43.5 Å². The van der Waals surface area contributed by atoms with Gasteiger partial charge in [-0.2, -0.15) is 0 Å². The number of H-pyrrole nitrogens is 1. The fourth-order valence-electron chi connectivity index (χ4n) is 2.25. The number of anilines is 1. The van der Waals surface area contributed by atoms with Gasteiger partial charge in [0, 0.05) is 12.6 Å². The Morgan fingerprint density at radius 1 is 1.22 bits per heavy atom. The molecule has 0 fully saturated rings. The molecule has 1 heterocycles. The lowest BCUT2D eigenvalue weighted by molar-refractivity contribution is 0.411. The molecule has 0 saturated heterocycles. The van der Waals surface area contributed by atoms with Crippen molar-refractivity contribution in [1.29, 1.82) is 0 Å². The summed E-state index contributed by atoms with van der Waals surface area (Å²) in [6.45, 7) is 6.27. The van der Waals surface area contributed by atoms with Crippen molar-refractivity contribution in [1.82, 2.24) is 9.97 Å². The standard InChI is InChI=1S/C14H19N3O/c1-8-6-12(18-5)9(2)10(3)13(8)11-7-16-14(15-4)17-11/h6-7H,1-5H3,(H2,15,16,17). The lowest BCUT2D eigenvalue weighted by Gasteiger charge is -2.14. The number of imidazole rings is 1. The molecule has 1 aromatic heterocycles. The average Bonchev–Trinajstić information content (AvgIpc) is 2.82. The number of hydrogen-bond acceptors (Lipinski definition) is 3. The Balaban J connectivity index is 2.60. The van der Waals surface area contributed by atoms with Crippen LogP contribution in [-0.4, -0.2) is 24.1 Å². The van der Waals surface area contributed by atoms with E-state index in [1.54, 1.807) is 7.11 Å². The molecule has 4 heteroatoms. The molecule has 0 aliphatic heterocycles. The maximum Gasteiger partial charge on any atom is 0.200 e. The minimum atomic E-state index is 0.775. The van der Waals surface area contributed by atoms with Crippen molar-refractivity contribution < 1.29 is 4.74 Å². The van der Waals surface area contributed by atoms with Gasteiger partial charge in [0.2, 0.25) is 0 Å². The third kappa shape index (κ3) is 1.94. The van der Waals surface area contributed by atoms with Crippen molar-refractivity contribution in [2.75, 3.05) is 19.5 Å². The van der Waals surface area contributed by atoms with Crippen LogP contribution in [-0.2, 0) is 0 Å². The molecule has 0 aliphatic carbocycles. The van der Waals surface area contributed by atoms with Crippen LogP contribution in [0.5, 0.6) is 5.75 Å². The molecular formula is C14H19N3O. The number of benzene rings is 1. The van der Waals surface area contributed by atoms with Gasteiger partial charge in [0.25, 0.3) is 0 Å². The summed E-state index contributed by atoms with van der Waals surface area (Å²) < 4.78 is 5.39. The van der Waals surface area contributed by atoms with E-state index in [9.17, 15) is 0 Å². The Bertz CT molecular complexity index is 573. The van der Waals surface area contributed by atoms with Gasteiger partial charge in [-0.15, -0.1) is 0 Å². The van der Waals surface area contributed by atoms with Crippen LogP contribution >= 0.6 is 0 Å². The van der Waals surface area contributed by atoms with E-state index in [0.29, 0.717) is 0 Å². The number of aryl methyl sites for hydroxylation is 1. The molecule has 0 spiro atoms. The number of aromatic nitrogens is 2. The third-order valence-corrected chi connectivity index (χ3v) is 3.35. The van der Waals surface area contributed by atoms with Crippen molar-refractivity contribution in [3.63, 3.8) is 0 Å². The second-order valence-electron chi connectivity index (χ2n) is 4.42. The number of methoxy groups -OCH3 is 1. The fraction of sp³-hybridized carbons (Fsp3) is 0.357. The molecule has 2 N–H and O–H groups in total. The topological polar surface area (TPSA) is 49.9 Å². The molecule has 0 atom stereocenters. The zero-order chi connectivity index (χ0) is 13.3. The molecular weight excluding hydrogens is 226 g/mol. The van der Waals surface area contributed by atoms with Crippen molar-refractivity contribution in [3.05, 3.63) is 29.0 Å². The fourth-order valence-corrected chi connectivity index (χ4v) is 2.25. The summed E-state index contributed by atoms with van der Waals surface area (Å²) in [6.07, 6.45) is 1.85. The first-order valence-electron chi connectivity index (χ1n) is 5.96. The first-order chi connectivity index (χ1) is 8.58. The number of rotatable bonds is 3. The Hall–Kier alpha value is -1.97. The first-order valence-corrected chi connectivity index (χ1v) is 5.96. The molecule has 4 nitrogen and oxygen atoms in total. The molecule has 0 radical (unpaired) electrons. The van der Waals surface area contributed by atoms with E-state index < -0.39 is 0 Å². The molecule has 1 aromatic carbocycles. The molecule has 2 aromatic rings. The summed E-state index contributed by atoms with van der Waals surface area (Å²) in [6, 6.07) is 2.07. The van der Waals surface area contributed by atoms with Gasteiger partial charge in [0.15, 0.2) is 5.95 Å². The number of aromatic amines is 1. The van der Waals surface area contributed by atoms with Crippen LogP contribution in [0.1, 0.15) is 16.7 Å². The van der Waals surface area contributed by atoms with Crippen LogP contribution in [0.25, 0.3) is 11.3 Å². The van der Waals surface area contributed by atoms with Crippen molar-refractivity contribution >= 4 is 5.95 Å². The maximum atomic E-state index is 5.39. The monoisotopic (exact) mass is 245 g/mol. The largest absolute Gasteiger partial charge is 0.496 e. The van der Waals surface area contributed by atoms with Gasteiger partial charge >= 0.3 is 0 Å². The van der Waals surface area contributed by atoms with Crippen molar-refractivity contribution in [2.24, 2.45) is 0 Å². The average molecular weight is 245 g/mol. The molecule has 96 valence electrons. The van der Waals surface area contributed by atoms with Crippen LogP contribution in [0.3, 0.4) is 0 Å². The summed E-state index contributed by atoms with van der Waals surface area (Å²) in [7, 11) is 3.55. The highest BCUT2D eigenvalue weighted by Gasteiger charge is 2.14. The molecule has 0 saturated carbocycles. The van der Waals surface area contributed by atoms with E-state index in [4.69, 9.17) is 4.74 Å². The van der Waals surface area contributed by atoms with Gasteiger partial charge in [-0.25, -0.2) is 4.98 Å². The van der Waals surface area contributed by atoms with E-state index >= 15 is 0 Å². The Morgan fingerprint density at radius 3 is 2.50 bits per heavy atom. The summed E-state index contributed by atoms with van der Waals surface area (Å²) in [5.74, 6) is 1.71. The van der Waals surface area contributed by atoms with E-state index in [-0.39, 0.29) is 0 Å². The van der Waals surface area contributed by atoms with Crippen molar-refractivity contribution in [2.45, 2.75) is 20.8 Å². The number of nitrogens with one attached hydrogen (secondary N) is 2. The van der Waals surface area contributed by atoms with Gasteiger partial charge in [0.1, 0.15) is 5.75 Å². The Kier molecular flexibility index (Phi) is 3.28. The smallest absolute Gasteiger partial charge is 0.200 e. The lowest BCUT2D eigenvalue weighted by atomic mass is 9.95. The van der Waals surface area contributed by atoms with Gasteiger partial charge < -0.3 is 15.0 Å². The zero-order valence-electron chi connectivity index (χ0n) is 11.5. The summed E-state index contributed by atoms with van der Waals surface area (Å²) in [4.78, 5) is 7.53. The van der Waals surface area contributed by atoms with Crippen LogP contribution in [0.2, 0.25) is 0 Å². The van der Waals surface area contributed by atoms with Crippen LogP contribution in [0.4, 0.5) is 5.95 Å². The molecule has 0 aliphatic rings. The molecule has 2 rings (SSSR count). The molecule has 0 bridgehead atoms. The van der Waals surface area contributed by atoms with Gasteiger partial charge in [-0.3, -0.25) is 0 Å². The predicted molar refractivity (Wildman–Crippen MR) is 74.3 cm³/mol. The van der Waals surface area contributed by atoms with Gasteiger partial charge in [-0.1, -0.05) is 0 Å². The highest BCUT2D eigenvalue weighted by atomic mass is 16.5. The molecule has 18 heavy (non-hydrogen) atoms. The third-order valence-electron chi connectivity index (χ3n) is 3.35.